The molecule has 0 atom stereocenters. The van der Waals surface area contributed by atoms with E-state index in [9.17, 15) is 18.0 Å². The molecule has 0 saturated heterocycles. The van der Waals surface area contributed by atoms with E-state index in [4.69, 9.17) is 5.11 Å². The van der Waals surface area contributed by atoms with Crippen molar-refractivity contribution in [3.05, 3.63) is 29.8 Å². The molecule has 0 aliphatic carbocycles. The van der Waals surface area contributed by atoms with Crippen LogP contribution < -0.4 is 0 Å². The van der Waals surface area contributed by atoms with Crippen molar-refractivity contribution in [2.75, 3.05) is 11.5 Å². The Kier molecular flexibility index (Phi) is 5.20. The lowest BCUT2D eigenvalue weighted by molar-refractivity contribution is -0.0326. The van der Waals surface area contributed by atoms with Crippen LogP contribution in [-0.4, -0.2) is 28.1 Å². The molecule has 2 nitrogen and oxygen atoms in total. The standard InChI is InChI=1S/C10H9F3O2S2/c11-10(12,13)17-6-5-16-8-3-1-7(2-4-8)9(14)15/h1-4H,5-6H2,(H,14,15). The second kappa shape index (κ2) is 6.20. The molecule has 0 spiro atoms. The van der Waals surface area contributed by atoms with Crippen molar-refractivity contribution in [1.29, 1.82) is 0 Å². The van der Waals surface area contributed by atoms with Gasteiger partial charge in [0.15, 0.2) is 0 Å². The van der Waals surface area contributed by atoms with Gasteiger partial charge in [-0.1, -0.05) is 11.8 Å². The van der Waals surface area contributed by atoms with Crippen molar-refractivity contribution in [2.45, 2.75) is 10.4 Å². The lowest BCUT2D eigenvalue weighted by atomic mass is 10.2. The molecule has 0 bridgehead atoms. The molecule has 0 unspecified atom stereocenters. The minimum Gasteiger partial charge on any atom is -0.478 e. The number of carboxylic acids is 1. The van der Waals surface area contributed by atoms with E-state index in [1.807, 2.05) is 0 Å². The van der Waals surface area contributed by atoms with Crippen molar-refractivity contribution in [3.63, 3.8) is 0 Å². The zero-order valence-electron chi connectivity index (χ0n) is 8.53. The lowest BCUT2D eigenvalue weighted by Gasteiger charge is -2.05. The fourth-order valence-electron chi connectivity index (χ4n) is 1.01. The van der Waals surface area contributed by atoms with Crippen molar-refractivity contribution in [2.24, 2.45) is 0 Å². The van der Waals surface area contributed by atoms with Crippen LogP contribution in [0.3, 0.4) is 0 Å². The fourth-order valence-corrected chi connectivity index (χ4v) is 2.47. The van der Waals surface area contributed by atoms with E-state index in [1.54, 1.807) is 12.1 Å². The molecule has 1 N–H and O–H groups in total. The molecular weight excluding hydrogens is 273 g/mol. The van der Waals surface area contributed by atoms with E-state index in [2.05, 4.69) is 0 Å². The number of benzene rings is 1. The third-order valence-electron chi connectivity index (χ3n) is 1.72. The molecule has 1 aromatic carbocycles. The first-order chi connectivity index (χ1) is 7.88. The second-order valence-electron chi connectivity index (χ2n) is 2.97. The number of carbonyl (C=O) groups is 1. The van der Waals surface area contributed by atoms with Crippen LogP contribution in [0.25, 0.3) is 0 Å². The Hall–Kier alpha value is -0.820. The van der Waals surface area contributed by atoms with E-state index < -0.39 is 11.5 Å². The number of hydrogen-bond donors (Lipinski definition) is 1. The first-order valence-electron chi connectivity index (χ1n) is 4.55. The van der Waals surface area contributed by atoms with Gasteiger partial charge in [-0.25, -0.2) is 4.79 Å². The van der Waals surface area contributed by atoms with E-state index in [-0.39, 0.29) is 23.1 Å². The topological polar surface area (TPSA) is 37.3 Å². The SMILES string of the molecule is O=C(O)c1ccc(SCCSC(F)(F)F)cc1. The summed E-state index contributed by atoms with van der Waals surface area (Å²) in [7, 11) is 0. The van der Waals surface area contributed by atoms with E-state index in [0.29, 0.717) is 5.75 Å². The summed E-state index contributed by atoms with van der Waals surface area (Å²) >= 11 is 1.21. The minimum atomic E-state index is -4.19. The maximum atomic E-state index is 11.8. The Bertz CT molecular complexity index is 376. The zero-order valence-corrected chi connectivity index (χ0v) is 10.2. The molecule has 0 aliphatic heterocycles. The number of alkyl halides is 3. The molecule has 0 aromatic heterocycles. The van der Waals surface area contributed by atoms with Crippen LogP contribution in [0.15, 0.2) is 29.2 Å². The molecule has 17 heavy (non-hydrogen) atoms. The van der Waals surface area contributed by atoms with E-state index >= 15 is 0 Å². The molecule has 94 valence electrons. The van der Waals surface area contributed by atoms with Gasteiger partial charge in [0, 0.05) is 16.4 Å². The van der Waals surface area contributed by atoms with Gasteiger partial charge in [0.2, 0.25) is 0 Å². The average Bonchev–Trinajstić information content (AvgIpc) is 2.24. The molecule has 7 heteroatoms. The van der Waals surface area contributed by atoms with Crippen molar-refractivity contribution < 1.29 is 23.1 Å². The summed E-state index contributed by atoms with van der Waals surface area (Å²) < 4.78 is 35.4. The third kappa shape index (κ3) is 5.88. The average molecular weight is 282 g/mol. The number of hydrogen-bond acceptors (Lipinski definition) is 3. The molecule has 0 fully saturated rings. The van der Waals surface area contributed by atoms with Gasteiger partial charge in [-0.15, -0.1) is 11.8 Å². The Morgan fingerprint density at radius 1 is 1.18 bits per heavy atom. The van der Waals surface area contributed by atoms with Crippen LogP contribution in [0.2, 0.25) is 0 Å². The van der Waals surface area contributed by atoms with Crippen LogP contribution in [0.4, 0.5) is 13.2 Å². The van der Waals surface area contributed by atoms with Crippen molar-refractivity contribution in [1.82, 2.24) is 0 Å². The summed E-state index contributed by atoms with van der Waals surface area (Å²) in [6, 6.07) is 6.04. The Balaban J connectivity index is 2.35. The highest BCUT2D eigenvalue weighted by Crippen LogP contribution is 2.31. The smallest absolute Gasteiger partial charge is 0.441 e. The van der Waals surface area contributed by atoms with Crippen LogP contribution in [0.1, 0.15) is 10.4 Å². The third-order valence-corrected chi connectivity index (χ3v) is 3.73. The summed E-state index contributed by atoms with van der Waals surface area (Å²) in [5, 5.41) is 8.64. The van der Waals surface area contributed by atoms with Gasteiger partial charge >= 0.3 is 11.5 Å². The number of carboxylic acid groups (broad SMARTS) is 1. The van der Waals surface area contributed by atoms with Gasteiger partial charge in [-0.05, 0) is 24.3 Å². The lowest BCUT2D eigenvalue weighted by Crippen LogP contribution is -2.02. The Labute approximate surface area is 105 Å². The van der Waals surface area contributed by atoms with Gasteiger partial charge in [0.1, 0.15) is 0 Å². The highest BCUT2D eigenvalue weighted by Gasteiger charge is 2.27. The van der Waals surface area contributed by atoms with Gasteiger partial charge < -0.3 is 5.11 Å². The van der Waals surface area contributed by atoms with Crippen molar-refractivity contribution >= 4 is 29.5 Å². The Morgan fingerprint density at radius 3 is 2.24 bits per heavy atom. The quantitative estimate of drug-likeness (QED) is 0.659. The maximum Gasteiger partial charge on any atom is 0.441 e. The second-order valence-corrected chi connectivity index (χ2v) is 5.30. The van der Waals surface area contributed by atoms with Crippen LogP contribution >= 0.6 is 23.5 Å². The van der Waals surface area contributed by atoms with Crippen molar-refractivity contribution in [3.8, 4) is 0 Å². The summed E-state index contributed by atoms with van der Waals surface area (Å²) in [4.78, 5) is 11.3. The molecule has 0 radical (unpaired) electrons. The van der Waals surface area contributed by atoms with Gasteiger partial charge in [-0.3, -0.25) is 0 Å². The van der Waals surface area contributed by atoms with Gasteiger partial charge in [0.25, 0.3) is 0 Å². The van der Waals surface area contributed by atoms with E-state index in [1.165, 1.54) is 23.9 Å². The number of halogens is 3. The summed E-state index contributed by atoms with van der Waals surface area (Å²) in [6.07, 6.45) is 0. The number of aromatic carboxylic acids is 1. The van der Waals surface area contributed by atoms with Crippen LogP contribution in [0.5, 0.6) is 0 Å². The van der Waals surface area contributed by atoms with Gasteiger partial charge in [-0.2, -0.15) is 13.2 Å². The predicted octanol–water partition coefficient (Wildman–Crippen LogP) is 3.73. The van der Waals surface area contributed by atoms with Crippen LogP contribution in [0, 0.1) is 0 Å². The molecule has 1 rings (SSSR count). The minimum absolute atomic E-state index is 0.0190. The summed E-state index contributed by atoms with van der Waals surface area (Å²) in [6.45, 7) is 0. The Morgan fingerprint density at radius 2 is 1.76 bits per heavy atom. The monoisotopic (exact) mass is 282 g/mol. The molecule has 0 heterocycles. The molecular formula is C10H9F3O2S2. The summed E-state index contributed by atoms with van der Waals surface area (Å²) in [5.41, 5.74) is -4.02. The summed E-state index contributed by atoms with van der Waals surface area (Å²) in [5.74, 6) is -0.708. The molecule has 0 saturated carbocycles. The largest absolute Gasteiger partial charge is 0.478 e. The maximum absolute atomic E-state index is 11.8. The van der Waals surface area contributed by atoms with Gasteiger partial charge in [0.05, 0.1) is 5.56 Å². The fraction of sp³-hybridized carbons (Fsp3) is 0.300. The van der Waals surface area contributed by atoms with Crippen LogP contribution in [-0.2, 0) is 0 Å². The number of thioether (sulfide) groups is 2. The molecule has 0 amide bonds. The van der Waals surface area contributed by atoms with E-state index in [0.717, 1.165) is 4.90 Å². The highest BCUT2D eigenvalue weighted by molar-refractivity contribution is 8.03. The normalized spacial score (nSPS) is 11.5. The number of rotatable bonds is 5. The predicted molar refractivity (Wildman–Crippen MR) is 62.6 cm³/mol. The highest BCUT2D eigenvalue weighted by atomic mass is 32.2. The molecule has 0 aliphatic rings. The first kappa shape index (κ1) is 14.2. The zero-order chi connectivity index (χ0) is 12.9. The molecule has 1 aromatic rings. The first-order valence-corrected chi connectivity index (χ1v) is 6.52.